The first-order valence-corrected chi connectivity index (χ1v) is 8.99. The topological polar surface area (TPSA) is 59.8 Å². The predicted octanol–water partition coefficient (Wildman–Crippen LogP) is 4.30. The molecule has 0 aliphatic rings. The summed E-state index contributed by atoms with van der Waals surface area (Å²) < 4.78 is 1.93. The van der Waals surface area contributed by atoms with Gasteiger partial charge in [0.25, 0.3) is 0 Å². The first-order chi connectivity index (χ1) is 13.2. The normalized spacial score (nSPS) is 10.9. The maximum atomic E-state index is 12.7. The molecule has 0 radical (unpaired) electrons. The second-order valence-corrected chi connectivity index (χ2v) is 6.35. The van der Waals surface area contributed by atoms with Crippen molar-refractivity contribution in [2.45, 2.75) is 19.9 Å². The molecule has 0 saturated carbocycles. The van der Waals surface area contributed by atoms with Crippen LogP contribution in [0.3, 0.4) is 0 Å². The molecule has 0 aliphatic heterocycles. The summed E-state index contributed by atoms with van der Waals surface area (Å²) in [4.78, 5) is 21.6. The van der Waals surface area contributed by atoms with E-state index in [4.69, 9.17) is 4.98 Å². The molecule has 5 nitrogen and oxygen atoms in total. The number of aryl methyl sites for hydroxylation is 1. The van der Waals surface area contributed by atoms with Gasteiger partial charge in [-0.1, -0.05) is 31.2 Å². The molecule has 2 aromatic carbocycles. The first kappa shape index (κ1) is 17.0. The Kier molecular flexibility index (Phi) is 4.66. The Morgan fingerprint density at radius 1 is 1.04 bits per heavy atom. The molecular weight excluding hydrogens is 336 g/mol. The number of benzene rings is 2. The number of hydrogen-bond donors (Lipinski definition) is 1. The van der Waals surface area contributed by atoms with E-state index in [0.717, 1.165) is 34.5 Å². The number of fused-ring (bicyclic) bond motifs is 1. The summed E-state index contributed by atoms with van der Waals surface area (Å²) in [5.74, 6) is 0.647. The predicted molar refractivity (Wildman–Crippen MR) is 107 cm³/mol. The van der Waals surface area contributed by atoms with Gasteiger partial charge in [-0.25, -0.2) is 4.98 Å². The van der Waals surface area contributed by atoms with Crippen LogP contribution in [0, 0.1) is 0 Å². The lowest BCUT2D eigenvalue weighted by Gasteiger charge is -2.10. The molecular formula is C22H20N4O. The van der Waals surface area contributed by atoms with E-state index < -0.39 is 0 Å². The SMILES string of the molecule is CCc1ccc(NC(=O)Cn2c(-c3cccnc3)nc3ccccc32)cc1. The number of para-hydroxylation sites is 2. The van der Waals surface area contributed by atoms with Crippen LogP contribution in [0.2, 0.25) is 0 Å². The number of amides is 1. The average molecular weight is 356 g/mol. The Morgan fingerprint density at radius 2 is 1.85 bits per heavy atom. The molecule has 0 unspecified atom stereocenters. The van der Waals surface area contributed by atoms with E-state index in [9.17, 15) is 4.79 Å². The van der Waals surface area contributed by atoms with E-state index in [0.29, 0.717) is 0 Å². The summed E-state index contributed by atoms with van der Waals surface area (Å²) >= 11 is 0. The lowest BCUT2D eigenvalue weighted by molar-refractivity contribution is -0.116. The Bertz CT molecular complexity index is 1070. The van der Waals surface area contributed by atoms with E-state index in [1.54, 1.807) is 12.4 Å². The molecule has 134 valence electrons. The highest BCUT2D eigenvalue weighted by atomic mass is 16.1. The third-order valence-electron chi connectivity index (χ3n) is 4.52. The number of nitrogens with zero attached hydrogens (tertiary/aromatic N) is 3. The fraction of sp³-hybridized carbons (Fsp3) is 0.136. The number of hydrogen-bond acceptors (Lipinski definition) is 3. The van der Waals surface area contributed by atoms with Crippen molar-refractivity contribution in [2.24, 2.45) is 0 Å². The monoisotopic (exact) mass is 356 g/mol. The zero-order valence-corrected chi connectivity index (χ0v) is 15.1. The van der Waals surface area contributed by atoms with Gasteiger partial charge in [0.05, 0.1) is 11.0 Å². The molecule has 0 spiro atoms. The van der Waals surface area contributed by atoms with E-state index >= 15 is 0 Å². The van der Waals surface area contributed by atoms with Gasteiger partial charge in [-0.15, -0.1) is 0 Å². The van der Waals surface area contributed by atoms with E-state index in [2.05, 4.69) is 17.2 Å². The van der Waals surface area contributed by atoms with Crippen molar-refractivity contribution < 1.29 is 4.79 Å². The highest BCUT2D eigenvalue weighted by molar-refractivity contribution is 5.92. The van der Waals surface area contributed by atoms with Gasteiger partial charge in [-0.3, -0.25) is 9.78 Å². The van der Waals surface area contributed by atoms with Crippen molar-refractivity contribution in [3.05, 3.63) is 78.6 Å². The van der Waals surface area contributed by atoms with E-state index in [1.807, 2.05) is 65.2 Å². The highest BCUT2D eigenvalue weighted by Crippen LogP contribution is 2.24. The second-order valence-electron chi connectivity index (χ2n) is 6.35. The van der Waals surface area contributed by atoms with Crippen molar-refractivity contribution in [1.29, 1.82) is 0 Å². The lowest BCUT2D eigenvalue weighted by atomic mass is 10.1. The third-order valence-corrected chi connectivity index (χ3v) is 4.52. The minimum absolute atomic E-state index is 0.0902. The van der Waals surface area contributed by atoms with Crippen LogP contribution in [0.15, 0.2) is 73.1 Å². The Morgan fingerprint density at radius 3 is 2.59 bits per heavy atom. The summed E-state index contributed by atoms with van der Waals surface area (Å²) in [6, 6.07) is 19.6. The van der Waals surface area contributed by atoms with Crippen LogP contribution in [-0.4, -0.2) is 20.4 Å². The van der Waals surface area contributed by atoms with Crippen molar-refractivity contribution >= 4 is 22.6 Å². The molecule has 2 aromatic heterocycles. The van der Waals surface area contributed by atoms with E-state index in [1.165, 1.54) is 5.56 Å². The summed E-state index contributed by atoms with van der Waals surface area (Å²) in [5, 5.41) is 2.97. The number of aromatic nitrogens is 3. The van der Waals surface area contributed by atoms with Gasteiger partial charge >= 0.3 is 0 Å². The quantitative estimate of drug-likeness (QED) is 0.580. The highest BCUT2D eigenvalue weighted by Gasteiger charge is 2.15. The summed E-state index contributed by atoms with van der Waals surface area (Å²) in [6.45, 7) is 2.29. The van der Waals surface area contributed by atoms with Crippen molar-refractivity contribution in [1.82, 2.24) is 14.5 Å². The molecule has 0 fully saturated rings. The molecule has 0 saturated heterocycles. The maximum absolute atomic E-state index is 12.7. The average Bonchev–Trinajstić information content (AvgIpc) is 3.08. The van der Waals surface area contributed by atoms with Gasteiger partial charge in [0.1, 0.15) is 12.4 Å². The fourth-order valence-corrected chi connectivity index (χ4v) is 3.12. The van der Waals surface area contributed by atoms with Gasteiger partial charge < -0.3 is 9.88 Å². The van der Waals surface area contributed by atoms with Crippen LogP contribution < -0.4 is 5.32 Å². The van der Waals surface area contributed by atoms with Crippen LogP contribution in [0.4, 0.5) is 5.69 Å². The first-order valence-electron chi connectivity index (χ1n) is 8.99. The molecule has 4 rings (SSSR count). The molecule has 1 amide bonds. The standard InChI is InChI=1S/C22H20N4O/c1-2-16-9-11-18(12-10-16)24-21(27)15-26-20-8-4-3-7-19(20)25-22(26)17-6-5-13-23-14-17/h3-14H,2,15H2,1H3,(H,24,27). The molecule has 2 heterocycles. The van der Waals surface area contributed by atoms with Gasteiger partial charge in [0, 0.05) is 23.6 Å². The zero-order valence-electron chi connectivity index (χ0n) is 15.1. The molecule has 0 atom stereocenters. The number of carbonyl (C=O) groups excluding carboxylic acids is 1. The number of carbonyl (C=O) groups is 1. The largest absolute Gasteiger partial charge is 0.325 e. The van der Waals surface area contributed by atoms with Crippen molar-refractivity contribution in [2.75, 3.05) is 5.32 Å². The Hall–Kier alpha value is -3.47. The van der Waals surface area contributed by atoms with Gasteiger partial charge in [0.2, 0.25) is 5.91 Å². The smallest absolute Gasteiger partial charge is 0.244 e. The van der Waals surface area contributed by atoms with Gasteiger partial charge in [-0.05, 0) is 48.4 Å². The Labute approximate surface area is 157 Å². The van der Waals surface area contributed by atoms with Crippen molar-refractivity contribution in [3.8, 4) is 11.4 Å². The summed E-state index contributed by atoms with van der Waals surface area (Å²) in [5.41, 5.74) is 4.70. The third kappa shape index (κ3) is 3.58. The van der Waals surface area contributed by atoms with Gasteiger partial charge in [0.15, 0.2) is 0 Å². The molecule has 0 aliphatic carbocycles. The lowest BCUT2D eigenvalue weighted by Crippen LogP contribution is -2.19. The van der Waals surface area contributed by atoms with Gasteiger partial charge in [-0.2, -0.15) is 0 Å². The van der Waals surface area contributed by atoms with Crippen LogP contribution in [-0.2, 0) is 17.8 Å². The molecule has 5 heteroatoms. The van der Waals surface area contributed by atoms with Crippen LogP contribution >= 0.6 is 0 Å². The van der Waals surface area contributed by atoms with Crippen LogP contribution in [0.25, 0.3) is 22.4 Å². The zero-order chi connectivity index (χ0) is 18.6. The fourth-order valence-electron chi connectivity index (χ4n) is 3.12. The number of anilines is 1. The minimum Gasteiger partial charge on any atom is -0.325 e. The Balaban J connectivity index is 1.65. The number of imidazole rings is 1. The number of rotatable bonds is 5. The number of nitrogens with one attached hydrogen (secondary N) is 1. The molecule has 4 aromatic rings. The van der Waals surface area contributed by atoms with E-state index in [-0.39, 0.29) is 12.5 Å². The summed E-state index contributed by atoms with van der Waals surface area (Å²) in [7, 11) is 0. The number of pyridine rings is 1. The van der Waals surface area contributed by atoms with Crippen molar-refractivity contribution in [3.63, 3.8) is 0 Å². The molecule has 27 heavy (non-hydrogen) atoms. The molecule has 0 bridgehead atoms. The van der Waals surface area contributed by atoms with Crippen LogP contribution in [0.1, 0.15) is 12.5 Å². The maximum Gasteiger partial charge on any atom is 0.244 e. The summed E-state index contributed by atoms with van der Waals surface area (Å²) in [6.07, 6.45) is 4.46. The second kappa shape index (κ2) is 7.41. The molecule has 1 N–H and O–H groups in total. The minimum atomic E-state index is -0.0902. The van der Waals surface area contributed by atoms with Crippen LogP contribution in [0.5, 0.6) is 0 Å².